The van der Waals surface area contributed by atoms with Crippen LogP contribution in [-0.4, -0.2) is 62.7 Å². The van der Waals surface area contributed by atoms with Crippen molar-refractivity contribution >= 4 is 35.0 Å². The lowest BCUT2D eigenvalue weighted by molar-refractivity contribution is -0.128. The van der Waals surface area contributed by atoms with Gasteiger partial charge in [0.2, 0.25) is 5.91 Å². The zero-order valence-corrected chi connectivity index (χ0v) is 18.5. The number of nitrogens with zero attached hydrogens (tertiary/aromatic N) is 6. The molecule has 2 aromatic heterocycles. The molecule has 3 heterocycles. The van der Waals surface area contributed by atoms with Crippen molar-refractivity contribution in [2.75, 3.05) is 36.8 Å². The fourth-order valence-electron chi connectivity index (χ4n) is 3.48. The molecule has 0 N–H and O–H groups in total. The summed E-state index contributed by atoms with van der Waals surface area (Å²) in [5, 5.41) is 14.4. The predicted octanol–water partition coefficient (Wildman–Crippen LogP) is 3.37. The number of anilines is 1. The molecule has 4 rings (SSSR count). The monoisotopic (exact) mass is 442 g/mol. The van der Waals surface area contributed by atoms with Crippen molar-refractivity contribution in [3.05, 3.63) is 58.9 Å². The van der Waals surface area contributed by atoms with Crippen LogP contribution in [0.1, 0.15) is 11.4 Å². The zero-order chi connectivity index (χ0) is 21.1. The first kappa shape index (κ1) is 20.7. The second kappa shape index (κ2) is 9.06. The highest BCUT2D eigenvalue weighted by Crippen LogP contribution is 2.22. The fourth-order valence-corrected chi connectivity index (χ4v) is 4.38. The second-order valence-electron chi connectivity index (χ2n) is 7.21. The summed E-state index contributed by atoms with van der Waals surface area (Å²) in [4.78, 5) is 16.8. The molecule has 0 spiro atoms. The van der Waals surface area contributed by atoms with Crippen molar-refractivity contribution in [1.82, 2.24) is 24.9 Å². The molecule has 0 saturated carbocycles. The van der Waals surface area contributed by atoms with Gasteiger partial charge in [0.25, 0.3) is 0 Å². The van der Waals surface area contributed by atoms with Crippen molar-refractivity contribution < 1.29 is 4.79 Å². The first-order valence-corrected chi connectivity index (χ1v) is 11.1. The highest BCUT2D eigenvalue weighted by Gasteiger charge is 2.21. The van der Waals surface area contributed by atoms with Gasteiger partial charge < -0.3 is 9.80 Å². The van der Waals surface area contributed by atoms with E-state index in [9.17, 15) is 4.79 Å². The van der Waals surface area contributed by atoms with Crippen molar-refractivity contribution in [2.24, 2.45) is 0 Å². The molecule has 0 atom stereocenters. The summed E-state index contributed by atoms with van der Waals surface area (Å²) in [7, 11) is 0. The average Bonchev–Trinajstić information content (AvgIpc) is 3.10. The van der Waals surface area contributed by atoms with E-state index in [1.54, 1.807) is 4.68 Å². The Labute approximate surface area is 185 Å². The maximum Gasteiger partial charge on any atom is 0.233 e. The molecular weight excluding hydrogens is 420 g/mol. The minimum Gasteiger partial charge on any atom is -0.368 e. The molecular formula is C21H23ClN6OS. The van der Waals surface area contributed by atoms with Crippen molar-refractivity contribution in [1.29, 1.82) is 0 Å². The molecule has 30 heavy (non-hydrogen) atoms. The van der Waals surface area contributed by atoms with Crippen LogP contribution >= 0.6 is 23.4 Å². The molecule has 0 radical (unpaired) electrons. The van der Waals surface area contributed by atoms with Gasteiger partial charge in [-0.25, -0.2) is 4.68 Å². The Balaban J connectivity index is 1.28. The van der Waals surface area contributed by atoms with Crippen LogP contribution in [0.25, 0.3) is 5.82 Å². The Kier molecular flexibility index (Phi) is 6.24. The third-order valence-corrected chi connectivity index (χ3v) is 6.14. The van der Waals surface area contributed by atoms with Crippen LogP contribution in [0.5, 0.6) is 0 Å². The SMILES string of the molecule is Cc1cc(C)n(-c2ccc(SCC(=O)N3CCN(c4cccc(Cl)c4)CC3)nn2)n1. The first-order valence-electron chi connectivity index (χ1n) is 9.78. The zero-order valence-electron chi connectivity index (χ0n) is 17.0. The van der Waals surface area contributed by atoms with Gasteiger partial charge in [-0.15, -0.1) is 10.2 Å². The highest BCUT2D eigenvalue weighted by atomic mass is 35.5. The molecule has 1 amide bonds. The summed E-state index contributed by atoms with van der Waals surface area (Å²) in [5.41, 5.74) is 3.05. The highest BCUT2D eigenvalue weighted by molar-refractivity contribution is 7.99. The van der Waals surface area contributed by atoms with Gasteiger partial charge in [-0.05, 0) is 50.2 Å². The Morgan fingerprint density at radius 2 is 1.87 bits per heavy atom. The summed E-state index contributed by atoms with van der Waals surface area (Å²) in [5.74, 6) is 1.15. The number of benzene rings is 1. The minimum atomic E-state index is 0.121. The molecule has 3 aromatic rings. The van der Waals surface area contributed by atoms with Gasteiger partial charge in [0.05, 0.1) is 11.4 Å². The van der Waals surface area contributed by atoms with Crippen LogP contribution in [0.2, 0.25) is 5.02 Å². The number of aryl methyl sites for hydroxylation is 2. The number of aromatic nitrogens is 4. The Bertz CT molecular complexity index is 1030. The van der Waals surface area contributed by atoms with Crippen LogP contribution in [0.15, 0.2) is 47.5 Å². The van der Waals surface area contributed by atoms with E-state index >= 15 is 0 Å². The van der Waals surface area contributed by atoms with Crippen LogP contribution < -0.4 is 4.90 Å². The average molecular weight is 443 g/mol. The van der Waals surface area contributed by atoms with E-state index in [1.165, 1.54) is 11.8 Å². The van der Waals surface area contributed by atoms with Gasteiger partial charge in [0.1, 0.15) is 5.03 Å². The van der Waals surface area contributed by atoms with Gasteiger partial charge in [0, 0.05) is 42.6 Å². The number of piperazine rings is 1. The van der Waals surface area contributed by atoms with Crippen LogP contribution in [-0.2, 0) is 4.79 Å². The summed E-state index contributed by atoms with van der Waals surface area (Å²) < 4.78 is 1.77. The standard InChI is InChI=1S/C21H23ClN6OS/c1-15-12-16(2)28(25-15)19-6-7-20(24-23-19)30-14-21(29)27-10-8-26(9-11-27)18-5-3-4-17(22)13-18/h3-7,12-13H,8-11,14H2,1-2H3. The van der Waals surface area contributed by atoms with Crippen molar-refractivity contribution in [3.8, 4) is 5.82 Å². The predicted molar refractivity (Wildman–Crippen MR) is 120 cm³/mol. The third-order valence-electron chi connectivity index (χ3n) is 5.00. The second-order valence-corrected chi connectivity index (χ2v) is 8.64. The molecule has 1 saturated heterocycles. The molecule has 7 nitrogen and oxygen atoms in total. The van der Waals surface area contributed by atoms with E-state index in [1.807, 2.05) is 61.2 Å². The number of rotatable bonds is 5. The molecule has 0 bridgehead atoms. The largest absolute Gasteiger partial charge is 0.368 e. The molecule has 9 heteroatoms. The normalized spacial score (nSPS) is 14.2. The van der Waals surface area contributed by atoms with Crippen LogP contribution in [0.4, 0.5) is 5.69 Å². The summed E-state index contributed by atoms with van der Waals surface area (Å²) in [6, 6.07) is 13.6. The van der Waals surface area contributed by atoms with Gasteiger partial charge in [-0.2, -0.15) is 5.10 Å². The van der Waals surface area contributed by atoms with Gasteiger partial charge >= 0.3 is 0 Å². The number of thioether (sulfide) groups is 1. The van der Waals surface area contributed by atoms with E-state index < -0.39 is 0 Å². The lowest BCUT2D eigenvalue weighted by Gasteiger charge is -2.36. The maximum absolute atomic E-state index is 12.6. The molecule has 1 aliphatic heterocycles. The summed E-state index contributed by atoms with van der Waals surface area (Å²) >= 11 is 7.50. The lowest BCUT2D eigenvalue weighted by Crippen LogP contribution is -2.49. The van der Waals surface area contributed by atoms with Gasteiger partial charge in [-0.3, -0.25) is 4.79 Å². The number of carbonyl (C=O) groups excluding carboxylic acids is 1. The first-order chi connectivity index (χ1) is 14.5. The Hall–Kier alpha value is -2.58. The number of hydrogen-bond donors (Lipinski definition) is 0. The topological polar surface area (TPSA) is 67.2 Å². The molecule has 0 unspecified atom stereocenters. The van der Waals surface area contributed by atoms with Crippen molar-refractivity contribution in [3.63, 3.8) is 0 Å². The van der Waals surface area contributed by atoms with Crippen molar-refractivity contribution in [2.45, 2.75) is 18.9 Å². The van der Waals surface area contributed by atoms with E-state index in [2.05, 4.69) is 20.2 Å². The molecule has 1 fully saturated rings. The van der Waals surface area contributed by atoms with E-state index in [0.29, 0.717) is 24.7 Å². The quantitative estimate of drug-likeness (QED) is 0.564. The summed E-state index contributed by atoms with van der Waals surface area (Å²) in [6.07, 6.45) is 0. The summed E-state index contributed by atoms with van der Waals surface area (Å²) in [6.45, 7) is 6.93. The molecule has 1 aromatic carbocycles. The Morgan fingerprint density at radius 3 is 2.50 bits per heavy atom. The smallest absolute Gasteiger partial charge is 0.233 e. The van der Waals surface area contributed by atoms with Gasteiger partial charge in [0.15, 0.2) is 5.82 Å². The molecule has 156 valence electrons. The number of amides is 1. The lowest BCUT2D eigenvalue weighted by atomic mass is 10.2. The number of hydrogen-bond acceptors (Lipinski definition) is 6. The van der Waals surface area contributed by atoms with Crippen LogP contribution in [0, 0.1) is 13.8 Å². The van der Waals surface area contributed by atoms with E-state index in [0.717, 1.165) is 40.2 Å². The molecule has 0 aliphatic carbocycles. The fraction of sp³-hybridized carbons (Fsp3) is 0.333. The number of carbonyl (C=O) groups is 1. The van der Waals surface area contributed by atoms with E-state index in [4.69, 9.17) is 11.6 Å². The molecule has 1 aliphatic rings. The van der Waals surface area contributed by atoms with Crippen LogP contribution in [0.3, 0.4) is 0 Å². The Morgan fingerprint density at radius 1 is 1.07 bits per heavy atom. The minimum absolute atomic E-state index is 0.121. The third kappa shape index (κ3) is 4.76. The van der Waals surface area contributed by atoms with Gasteiger partial charge in [-0.1, -0.05) is 29.4 Å². The number of halogens is 1. The van der Waals surface area contributed by atoms with E-state index in [-0.39, 0.29) is 5.91 Å². The maximum atomic E-state index is 12.6.